The van der Waals surface area contributed by atoms with Crippen LogP contribution in [0.2, 0.25) is 0 Å². The van der Waals surface area contributed by atoms with Gasteiger partial charge in [0, 0.05) is 45.8 Å². The quantitative estimate of drug-likeness (QED) is 0.818. The molecule has 0 unspecified atom stereocenters. The Morgan fingerprint density at radius 3 is 2.27 bits per heavy atom. The van der Waals surface area contributed by atoms with E-state index in [1.807, 2.05) is 14.0 Å². The molecule has 6 nitrogen and oxygen atoms in total. The van der Waals surface area contributed by atoms with E-state index in [1.54, 1.807) is 26.2 Å². The highest BCUT2D eigenvalue weighted by Gasteiger charge is 2.28. The Morgan fingerprint density at radius 2 is 1.73 bits per heavy atom. The number of rotatable bonds is 3. The monoisotopic (exact) mass is 325 g/mol. The molecule has 0 bridgehead atoms. The molecule has 1 aliphatic heterocycles. The minimum Gasteiger partial charge on any atom is -0.345 e. The van der Waals surface area contributed by atoms with E-state index in [2.05, 4.69) is 4.90 Å². The SMILES string of the molecule is Cc1ccc(S(=O)(=O)N2CCN(C)CC2)cc1C(=O)N(C)C. The number of aryl methyl sites for hydroxylation is 1. The second kappa shape index (κ2) is 6.36. The number of nitrogens with zero attached hydrogens (tertiary/aromatic N) is 3. The van der Waals surface area contributed by atoms with E-state index in [-0.39, 0.29) is 10.8 Å². The summed E-state index contributed by atoms with van der Waals surface area (Å²) in [6, 6.07) is 4.76. The van der Waals surface area contributed by atoms with E-state index in [1.165, 1.54) is 15.3 Å². The van der Waals surface area contributed by atoms with Gasteiger partial charge in [0.15, 0.2) is 0 Å². The molecule has 0 spiro atoms. The van der Waals surface area contributed by atoms with Crippen LogP contribution < -0.4 is 0 Å². The first-order valence-electron chi connectivity index (χ1n) is 7.24. The maximum Gasteiger partial charge on any atom is 0.253 e. The summed E-state index contributed by atoms with van der Waals surface area (Å²) in [6.07, 6.45) is 0. The number of carbonyl (C=O) groups excluding carboxylic acids is 1. The summed E-state index contributed by atoms with van der Waals surface area (Å²) in [5, 5.41) is 0. The molecule has 0 radical (unpaired) electrons. The Kier molecular flexibility index (Phi) is 4.89. The van der Waals surface area contributed by atoms with Crippen molar-refractivity contribution in [3.8, 4) is 0 Å². The van der Waals surface area contributed by atoms with Crippen LogP contribution in [0, 0.1) is 6.92 Å². The lowest BCUT2D eigenvalue weighted by Crippen LogP contribution is -2.47. The van der Waals surface area contributed by atoms with Gasteiger partial charge in [0.1, 0.15) is 0 Å². The molecule has 0 aromatic heterocycles. The number of hydrogen-bond acceptors (Lipinski definition) is 4. The highest BCUT2D eigenvalue weighted by Crippen LogP contribution is 2.21. The van der Waals surface area contributed by atoms with E-state index < -0.39 is 10.0 Å². The molecule has 0 atom stereocenters. The van der Waals surface area contributed by atoms with E-state index in [9.17, 15) is 13.2 Å². The second-order valence-corrected chi connectivity index (χ2v) is 7.82. The molecule has 1 aromatic rings. The van der Waals surface area contributed by atoms with Gasteiger partial charge in [0.2, 0.25) is 10.0 Å². The van der Waals surface area contributed by atoms with Gasteiger partial charge in [0.05, 0.1) is 4.90 Å². The van der Waals surface area contributed by atoms with Gasteiger partial charge in [-0.25, -0.2) is 8.42 Å². The van der Waals surface area contributed by atoms with Crippen molar-refractivity contribution in [1.82, 2.24) is 14.1 Å². The number of sulfonamides is 1. The zero-order valence-electron chi connectivity index (χ0n) is 13.5. The molecule has 1 fully saturated rings. The van der Waals surface area contributed by atoms with Crippen molar-refractivity contribution in [3.05, 3.63) is 29.3 Å². The molecular formula is C15H23N3O3S. The van der Waals surface area contributed by atoms with Gasteiger partial charge in [-0.2, -0.15) is 4.31 Å². The van der Waals surface area contributed by atoms with Crippen LogP contribution in [0.1, 0.15) is 15.9 Å². The summed E-state index contributed by atoms with van der Waals surface area (Å²) in [5.74, 6) is -0.187. The number of hydrogen-bond donors (Lipinski definition) is 0. The summed E-state index contributed by atoms with van der Waals surface area (Å²) in [4.78, 5) is 15.9. The molecule has 1 aliphatic rings. The number of likely N-dealkylation sites (N-methyl/N-ethyl adjacent to an activating group) is 1. The van der Waals surface area contributed by atoms with Gasteiger partial charge in [-0.05, 0) is 31.7 Å². The third-order valence-electron chi connectivity index (χ3n) is 3.95. The smallest absolute Gasteiger partial charge is 0.253 e. The van der Waals surface area contributed by atoms with Crippen LogP contribution in [0.5, 0.6) is 0 Å². The molecule has 1 heterocycles. The van der Waals surface area contributed by atoms with Crippen molar-refractivity contribution in [2.75, 3.05) is 47.3 Å². The number of benzene rings is 1. The minimum atomic E-state index is -3.55. The van der Waals surface area contributed by atoms with Crippen molar-refractivity contribution >= 4 is 15.9 Å². The molecule has 122 valence electrons. The van der Waals surface area contributed by atoms with Crippen molar-refractivity contribution < 1.29 is 13.2 Å². The van der Waals surface area contributed by atoms with Gasteiger partial charge in [0.25, 0.3) is 5.91 Å². The molecule has 22 heavy (non-hydrogen) atoms. The molecule has 0 saturated carbocycles. The first-order valence-corrected chi connectivity index (χ1v) is 8.68. The third kappa shape index (κ3) is 3.31. The van der Waals surface area contributed by atoms with Crippen LogP contribution in [0.25, 0.3) is 0 Å². The predicted molar refractivity (Wildman–Crippen MR) is 85.5 cm³/mol. The van der Waals surface area contributed by atoms with Gasteiger partial charge in [-0.3, -0.25) is 4.79 Å². The Bertz CT molecular complexity index is 663. The van der Waals surface area contributed by atoms with E-state index in [0.717, 1.165) is 5.56 Å². The van der Waals surface area contributed by atoms with Crippen LogP contribution in [0.3, 0.4) is 0 Å². The Balaban J connectivity index is 2.36. The fourth-order valence-corrected chi connectivity index (χ4v) is 3.86. The number of piperazine rings is 1. The van der Waals surface area contributed by atoms with E-state index >= 15 is 0 Å². The first kappa shape index (κ1) is 16.9. The average Bonchev–Trinajstić information content (AvgIpc) is 2.47. The average molecular weight is 325 g/mol. The molecule has 0 N–H and O–H groups in total. The summed E-state index contributed by atoms with van der Waals surface area (Å²) in [6.45, 7) is 4.19. The lowest BCUT2D eigenvalue weighted by molar-refractivity contribution is 0.0826. The Morgan fingerprint density at radius 1 is 1.14 bits per heavy atom. The number of amides is 1. The standard InChI is InChI=1S/C15H23N3O3S/c1-12-5-6-13(11-14(12)15(19)16(2)3)22(20,21)18-9-7-17(4)8-10-18/h5-6,11H,7-10H2,1-4H3. The summed E-state index contributed by atoms with van der Waals surface area (Å²) in [5.41, 5.74) is 1.20. The minimum absolute atomic E-state index is 0.187. The fraction of sp³-hybridized carbons (Fsp3) is 0.533. The van der Waals surface area contributed by atoms with Crippen LogP contribution in [-0.2, 0) is 10.0 Å². The fourth-order valence-electron chi connectivity index (χ4n) is 2.41. The van der Waals surface area contributed by atoms with Crippen molar-refractivity contribution in [2.45, 2.75) is 11.8 Å². The largest absolute Gasteiger partial charge is 0.345 e. The van der Waals surface area contributed by atoms with E-state index in [4.69, 9.17) is 0 Å². The highest BCUT2D eigenvalue weighted by molar-refractivity contribution is 7.89. The zero-order chi connectivity index (χ0) is 16.5. The predicted octanol–water partition coefficient (Wildman–Crippen LogP) is 0.633. The summed E-state index contributed by atoms with van der Waals surface area (Å²) >= 11 is 0. The summed E-state index contributed by atoms with van der Waals surface area (Å²) < 4.78 is 27.0. The van der Waals surface area contributed by atoms with Gasteiger partial charge in [-0.15, -0.1) is 0 Å². The van der Waals surface area contributed by atoms with Crippen molar-refractivity contribution in [2.24, 2.45) is 0 Å². The maximum atomic E-state index is 12.7. The van der Waals surface area contributed by atoms with Crippen LogP contribution >= 0.6 is 0 Å². The Labute approximate surface area is 132 Å². The van der Waals surface area contributed by atoms with Crippen LogP contribution in [0.4, 0.5) is 0 Å². The molecular weight excluding hydrogens is 302 g/mol. The maximum absolute atomic E-state index is 12.7. The second-order valence-electron chi connectivity index (χ2n) is 5.88. The normalized spacial score (nSPS) is 17.5. The molecule has 0 aliphatic carbocycles. The van der Waals surface area contributed by atoms with Crippen molar-refractivity contribution in [3.63, 3.8) is 0 Å². The molecule has 1 amide bonds. The van der Waals surface area contributed by atoms with Crippen molar-refractivity contribution in [1.29, 1.82) is 0 Å². The molecule has 1 saturated heterocycles. The van der Waals surface area contributed by atoms with Gasteiger partial charge < -0.3 is 9.80 Å². The Hall–Kier alpha value is -1.44. The van der Waals surface area contributed by atoms with Gasteiger partial charge in [-0.1, -0.05) is 6.07 Å². The number of carbonyl (C=O) groups is 1. The molecule has 7 heteroatoms. The first-order chi connectivity index (χ1) is 10.2. The van der Waals surface area contributed by atoms with Gasteiger partial charge >= 0.3 is 0 Å². The zero-order valence-corrected chi connectivity index (χ0v) is 14.4. The molecule has 2 rings (SSSR count). The van der Waals surface area contributed by atoms with E-state index in [0.29, 0.717) is 31.7 Å². The third-order valence-corrected chi connectivity index (χ3v) is 5.84. The summed E-state index contributed by atoms with van der Waals surface area (Å²) in [7, 11) is 1.74. The topological polar surface area (TPSA) is 60.9 Å². The van der Waals surface area contributed by atoms with Crippen LogP contribution in [0.15, 0.2) is 23.1 Å². The molecule has 1 aromatic carbocycles. The highest BCUT2D eigenvalue weighted by atomic mass is 32.2. The lowest BCUT2D eigenvalue weighted by Gasteiger charge is -2.31. The lowest BCUT2D eigenvalue weighted by atomic mass is 10.1. The van der Waals surface area contributed by atoms with Crippen LogP contribution in [-0.4, -0.2) is 75.8 Å².